The van der Waals surface area contributed by atoms with Crippen molar-refractivity contribution in [1.82, 2.24) is 9.97 Å². The number of likely N-dealkylation sites (N-methyl/N-ethyl adjacent to an activating group) is 1. The lowest BCUT2D eigenvalue weighted by Gasteiger charge is -2.19. The van der Waals surface area contributed by atoms with Gasteiger partial charge in [-0.25, -0.2) is 9.78 Å². The first-order valence-electron chi connectivity index (χ1n) is 5.98. The Labute approximate surface area is 111 Å². The fraction of sp³-hybridized carbons (Fsp3) is 0.214. The van der Waals surface area contributed by atoms with Crippen LogP contribution in [0.4, 0.5) is 5.82 Å². The Morgan fingerprint density at radius 3 is 2.68 bits per heavy atom. The van der Waals surface area contributed by atoms with Crippen LogP contribution in [0.5, 0.6) is 0 Å². The Morgan fingerprint density at radius 2 is 2.00 bits per heavy atom. The molecule has 19 heavy (non-hydrogen) atoms. The third kappa shape index (κ3) is 3.28. The molecule has 0 saturated heterocycles. The molecule has 2 heterocycles. The van der Waals surface area contributed by atoms with Gasteiger partial charge in [0, 0.05) is 38.1 Å². The number of aromatic nitrogens is 2. The molecule has 0 fully saturated rings. The molecule has 0 atom stereocenters. The maximum absolute atomic E-state index is 11.1. The van der Waals surface area contributed by atoms with Crippen molar-refractivity contribution in [3.8, 4) is 0 Å². The molecule has 0 spiro atoms. The highest BCUT2D eigenvalue weighted by molar-refractivity contribution is 5.93. The second kappa shape index (κ2) is 5.95. The SMILES string of the molecule is CN(CCc1ccccn1)c1ncccc1C(=O)O. The molecule has 2 aromatic rings. The number of carboxylic acids is 1. The second-order valence-electron chi connectivity index (χ2n) is 4.17. The molecule has 0 aliphatic heterocycles. The van der Waals surface area contributed by atoms with E-state index < -0.39 is 5.97 Å². The van der Waals surface area contributed by atoms with E-state index in [0.717, 1.165) is 12.1 Å². The number of hydrogen-bond donors (Lipinski definition) is 1. The Kier molecular flexibility index (Phi) is 4.07. The zero-order valence-electron chi connectivity index (χ0n) is 10.7. The van der Waals surface area contributed by atoms with Gasteiger partial charge in [0.1, 0.15) is 11.4 Å². The molecular formula is C14H15N3O2. The molecule has 0 unspecified atom stereocenters. The number of carboxylic acid groups (broad SMARTS) is 1. The van der Waals surface area contributed by atoms with Crippen LogP contribution in [0.3, 0.4) is 0 Å². The van der Waals surface area contributed by atoms with Crippen molar-refractivity contribution in [3.63, 3.8) is 0 Å². The first kappa shape index (κ1) is 13.0. The molecule has 5 heteroatoms. The van der Waals surface area contributed by atoms with Gasteiger partial charge in [0.2, 0.25) is 0 Å². The van der Waals surface area contributed by atoms with Crippen molar-refractivity contribution >= 4 is 11.8 Å². The van der Waals surface area contributed by atoms with Crippen LogP contribution in [0.25, 0.3) is 0 Å². The van der Waals surface area contributed by atoms with E-state index in [2.05, 4.69) is 9.97 Å². The Morgan fingerprint density at radius 1 is 1.21 bits per heavy atom. The van der Waals surface area contributed by atoms with Gasteiger partial charge in [0.25, 0.3) is 0 Å². The Hall–Kier alpha value is -2.43. The number of nitrogens with zero attached hydrogens (tertiary/aromatic N) is 3. The first-order valence-corrected chi connectivity index (χ1v) is 5.98. The van der Waals surface area contributed by atoms with Gasteiger partial charge < -0.3 is 10.0 Å². The van der Waals surface area contributed by atoms with Crippen molar-refractivity contribution in [3.05, 3.63) is 54.0 Å². The van der Waals surface area contributed by atoms with E-state index in [1.807, 2.05) is 30.1 Å². The molecule has 0 radical (unpaired) electrons. The maximum atomic E-state index is 11.1. The second-order valence-corrected chi connectivity index (χ2v) is 4.17. The number of hydrogen-bond acceptors (Lipinski definition) is 4. The van der Waals surface area contributed by atoms with Crippen LogP contribution >= 0.6 is 0 Å². The smallest absolute Gasteiger partial charge is 0.339 e. The quantitative estimate of drug-likeness (QED) is 0.885. The summed E-state index contributed by atoms with van der Waals surface area (Å²) in [5.41, 5.74) is 1.19. The zero-order valence-corrected chi connectivity index (χ0v) is 10.7. The largest absolute Gasteiger partial charge is 0.478 e. The lowest BCUT2D eigenvalue weighted by molar-refractivity contribution is 0.0697. The molecule has 0 bridgehead atoms. The van der Waals surface area contributed by atoms with Crippen LogP contribution in [0.1, 0.15) is 16.1 Å². The minimum atomic E-state index is -0.965. The normalized spacial score (nSPS) is 10.2. The number of rotatable bonds is 5. The van der Waals surface area contributed by atoms with Gasteiger partial charge in [-0.2, -0.15) is 0 Å². The Balaban J connectivity index is 2.08. The number of pyridine rings is 2. The molecule has 0 saturated carbocycles. The summed E-state index contributed by atoms with van der Waals surface area (Å²) in [4.78, 5) is 21.3. The monoisotopic (exact) mass is 257 g/mol. The molecule has 5 nitrogen and oxygen atoms in total. The lowest BCUT2D eigenvalue weighted by Crippen LogP contribution is -2.24. The molecule has 0 aromatic carbocycles. The molecule has 0 amide bonds. The highest BCUT2D eigenvalue weighted by Gasteiger charge is 2.14. The average Bonchev–Trinajstić information content (AvgIpc) is 2.46. The van der Waals surface area contributed by atoms with Crippen molar-refractivity contribution in [2.24, 2.45) is 0 Å². The van der Waals surface area contributed by atoms with Gasteiger partial charge in [-0.3, -0.25) is 4.98 Å². The predicted molar refractivity (Wildman–Crippen MR) is 72.4 cm³/mol. The molecule has 1 N–H and O–H groups in total. The summed E-state index contributed by atoms with van der Waals surface area (Å²) in [5, 5.41) is 9.12. The van der Waals surface area contributed by atoms with Gasteiger partial charge in [0.15, 0.2) is 0 Å². The number of aromatic carboxylic acids is 1. The van der Waals surface area contributed by atoms with Crippen LogP contribution in [-0.2, 0) is 6.42 Å². The van der Waals surface area contributed by atoms with Crippen LogP contribution in [0, 0.1) is 0 Å². The van der Waals surface area contributed by atoms with Crippen molar-refractivity contribution in [2.45, 2.75) is 6.42 Å². The van der Waals surface area contributed by atoms with E-state index in [0.29, 0.717) is 12.4 Å². The van der Waals surface area contributed by atoms with Crippen LogP contribution in [-0.4, -0.2) is 34.6 Å². The summed E-state index contributed by atoms with van der Waals surface area (Å²) < 4.78 is 0. The summed E-state index contributed by atoms with van der Waals surface area (Å²) in [6.07, 6.45) is 4.09. The first-order chi connectivity index (χ1) is 9.18. The van der Waals surface area contributed by atoms with Gasteiger partial charge in [-0.1, -0.05) is 6.07 Å². The van der Waals surface area contributed by atoms with E-state index in [1.54, 1.807) is 24.5 Å². The molecule has 98 valence electrons. The van der Waals surface area contributed by atoms with E-state index in [4.69, 9.17) is 5.11 Å². The summed E-state index contributed by atoms with van der Waals surface area (Å²) in [5.74, 6) is -0.487. The van der Waals surface area contributed by atoms with E-state index >= 15 is 0 Å². The predicted octanol–water partition coefficient (Wildman–Crippen LogP) is 1.85. The molecular weight excluding hydrogens is 242 g/mol. The highest BCUT2D eigenvalue weighted by Crippen LogP contribution is 2.15. The summed E-state index contributed by atoms with van der Waals surface area (Å²) in [6, 6.07) is 8.94. The van der Waals surface area contributed by atoms with Gasteiger partial charge in [-0.15, -0.1) is 0 Å². The van der Waals surface area contributed by atoms with Crippen LogP contribution in [0.15, 0.2) is 42.7 Å². The molecule has 2 aromatic heterocycles. The minimum absolute atomic E-state index is 0.214. The standard InChI is InChI=1S/C14H15N3O2/c1-17(10-7-11-5-2-3-8-15-11)13-12(14(18)19)6-4-9-16-13/h2-6,8-9H,7,10H2,1H3,(H,18,19). The molecule has 2 rings (SSSR count). The van der Waals surface area contributed by atoms with E-state index in [-0.39, 0.29) is 5.56 Å². The minimum Gasteiger partial charge on any atom is -0.478 e. The fourth-order valence-electron chi connectivity index (χ4n) is 1.80. The lowest BCUT2D eigenvalue weighted by atomic mass is 10.2. The zero-order chi connectivity index (χ0) is 13.7. The van der Waals surface area contributed by atoms with Crippen molar-refractivity contribution < 1.29 is 9.90 Å². The molecule has 0 aliphatic rings. The van der Waals surface area contributed by atoms with Gasteiger partial charge >= 0.3 is 5.97 Å². The van der Waals surface area contributed by atoms with E-state index in [1.165, 1.54) is 0 Å². The number of carbonyl (C=O) groups is 1. The van der Waals surface area contributed by atoms with Crippen molar-refractivity contribution in [2.75, 3.05) is 18.5 Å². The summed E-state index contributed by atoms with van der Waals surface area (Å²) in [7, 11) is 1.83. The fourth-order valence-corrected chi connectivity index (χ4v) is 1.80. The summed E-state index contributed by atoms with van der Waals surface area (Å²) >= 11 is 0. The average molecular weight is 257 g/mol. The molecule has 0 aliphatic carbocycles. The third-order valence-electron chi connectivity index (χ3n) is 2.81. The van der Waals surface area contributed by atoms with Crippen LogP contribution in [0.2, 0.25) is 0 Å². The highest BCUT2D eigenvalue weighted by atomic mass is 16.4. The van der Waals surface area contributed by atoms with Crippen molar-refractivity contribution in [1.29, 1.82) is 0 Å². The van der Waals surface area contributed by atoms with Gasteiger partial charge in [-0.05, 0) is 24.3 Å². The maximum Gasteiger partial charge on any atom is 0.339 e. The third-order valence-corrected chi connectivity index (χ3v) is 2.81. The Bertz CT molecular complexity index is 558. The van der Waals surface area contributed by atoms with Gasteiger partial charge in [0.05, 0.1) is 0 Å². The van der Waals surface area contributed by atoms with E-state index in [9.17, 15) is 4.79 Å². The topological polar surface area (TPSA) is 66.3 Å². The summed E-state index contributed by atoms with van der Waals surface area (Å²) in [6.45, 7) is 0.661. The number of anilines is 1. The van der Waals surface area contributed by atoms with Crippen LogP contribution < -0.4 is 4.90 Å².